The zero-order valence-electron chi connectivity index (χ0n) is 13.4. The third-order valence-electron chi connectivity index (χ3n) is 4.19. The van der Waals surface area contributed by atoms with E-state index < -0.39 is 10.0 Å². The molecule has 0 unspecified atom stereocenters. The van der Waals surface area contributed by atoms with Crippen LogP contribution in [-0.4, -0.2) is 43.8 Å². The van der Waals surface area contributed by atoms with E-state index in [1.54, 1.807) is 35.5 Å². The molecule has 0 radical (unpaired) electrons. The van der Waals surface area contributed by atoms with Crippen LogP contribution < -0.4 is 4.72 Å². The van der Waals surface area contributed by atoms with Gasteiger partial charge in [0.15, 0.2) is 0 Å². The Morgan fingerprint density at radius 2 is 2.08 bits per heavy atom. The van der Waals surface area contributed by atoms with Crippen molar-refractivity contribution in [3.8, 4) is 0 Å². The lowest BCUT2D eigenvalue weighted by Crippen LogP contribution is -2.41. The number of carbonyl (C=O) groups is 1. The van der Waals surface area contributed by atoms with Gasteiger partial charge in [-0.05, 0) is 43.0 Å². The molecule has 2 aromatic heterocycles. The second kappa shape index (κ2) is 7.82. The average Bonchev–Trinajstić information content (AvgIpc) is 3.08. The molecule has 1 saturated heterocycles. The molecule has 0 atom stereocenters. The zero-order valence-corrected chi connectivity index (χ0v) is 15.8. The van der Waals surface area contributed by atoms with Gasteiger partial charge in [0, 0.05) is 32.0 Å². The molecular weight excluding hydrogens is 382 g/mol. The van der Waals surface area contributed by atoms with E-state index in [0.717, 1.165) is 24.2 Å². The molecule has 0 bridgehead atoms. The first-order valence-electron chi connectivity index (χ1n) is 7.90. The largest absolute Gasteiger partial charge is 0.339 e. The fourth-order valence-corrected chi connectivity index (χ4v) is 5.40. The Hall–Kier alpha value is -1.48. The molecule has 1 amide bonds. The van der Waals surface area contributed by atoms with E-state index in [0.29, 0.717) is 29.5 Å². The first-order chi connectivity index (χ1) is 12.0. The molecular formula is C16H18ClN3O3S2. The molecule has 3 heterocycles. The van der Waals surface area contributed by atoms with Crippen LogP contribution in [0, 0.1) is 5.92 Å². The van der Waals surface area contributed by atoms with E-state index in [4.69, 9.17) is 11.6 Å². The van der Waals surface area contributed by atoms with Crippen molar-refractivity contribution in [3.63, 3.8) is 0 Å². The summed E-state index contributed by atoms with van der Waals surface area (Å²) in [6.45, 7) is 1.60. The van der Waals surface area contributed by atoms with Gasteiger partial charge in [-0.2, -0.15) is 0 Å². The van der Waals surface area contributed by atoms with Crippen molar-refractivity contribution in [2.45, 2.75) is 17.1 Å². The van der Waals surface area contributed by atoms with Gasteiger partial charge in [-0.15, -0.1) is 11.3 Å². The van der Waals surface area contributed by atoms with Crippen LogP contribution in [0.15, 0.2) is 40.9 Å². The van der Waals surface area contributed by atoms with Crippen molar-refractivity contribution >= 4 is 38.9 Å². The van der Waals surface area contributed by atoms with Crippen LogP contribution >= 0.6 is 22.9 Å². The summed E-state index contributed by atoms with van der Waals surface area (Å²) < 4.78 is 27.7. The van der Waals surface area contributed by atoms with Crippen LogP contribution in [0.1, 0.15) is 23.2 Å². The minimum absolute atomic E-state index is 0.0274. The summed E-state index contributed by atoms with van der Waals surface area (Å²) in [6.07, 6.45) is 4.73. The standard InChI is InChI=1S/C16H18ClN3O3S2/c17-14-3-4-15(24-14)25(22,23)19-10-12-5-8-20(9-6-12)16(21)13-2-1-7-18-11-13/h1-4,7,11-12,19H,5-6,8-10H2. The van der Waals surface area contributed by atoms with Crippen LogP contribution in [0.2, 0.25) is 4.34 Å². The van der Waals surface area contributed by atoms with E-state index in [-0.39, 0.29) is 16.0 Å². The van der Waals surface area contributed by atoms with E-state index in [1.165, 1.54) is 6.07 Å². The number of pyridine rings is 1. The van der Waals surface area contributed by atoms with E-state index in [1.807, 2.05) is 0 Å². The average molecular weight is 400 g/mol. The van der Waals surface area contributed by atoms with Gasteiger partial charge in [0.05, 0.1) is 9.90 Å². The monoisotopic (exact) mass is 399 g/mol. The number of nitrogens with zero attached hydrogens (tertiary/aromatic N) is 2. The first kappa shape index (κ1) is 18.3. The number of aromatic nitrogens is 1. The highest BCUT2D eigenvalue weighted by molar-refractivity contribution is 7.91. The number of hydrogen-bond acceptors (Lipinski definition) is 5. The number of halogens is 1. The lowest BCUT2D eigenvalue weighted by Gasteiger charge is -2.32. The summed E-state index contributed by atoms with van der Waals surface area (Å²) in [6, 6.07) is 6.57. The minimum Gasteiger partial charge on any atom is -0.339 e. The third kappa shape index (κ3) is 4.58. The lowest BCUT2D eigenvalue weighted by molar-refractivity contribution is 0.0691. The van der Waals surface area contributed by atoms with E-state index in [2.05, 4.69) is 9.71 Å². The van der Waals surface area contributed by atoms with Gasteiger partial charge in [-0.25, -0.2) is 13.1 Å². The van der Waals surface area contributed by atoms with Gasteiger partial charge in [0.25, 0.3) is 5.91 Å². The number of amides is 1. The summed E-state index contributed by atoms with van der Waals surface area (Å²) in [5, 5.41) is 0. The Morgan fingerprint density at radius 3 is 2.68 bits per heavy atom. The van der Waals surface area contributed by atoms with Crippen molar-refractivity contribution in [2.75, 3.05) is 19.6 Å². The summed E-state index contributed by atoms with van der Waals surface area (Å²) >= 11 is 6.84. The molecule has 25 heavy (non-hydrogen) atoms. The van der Waals surface area contributed by atoms with E-state index in [9.17, 15) is 13.2 Å². The molecule has 134 valence electrons. The quantitative estimate of drug-likeness (QED) is 0.838. The van der Waals surface area contributed by atoms with Crippen LogP contribution in [0.4, 0.5) is 0 Å². The molecule has 1 aliphatic heterocycles. The zero-order chi connectivity index (χ0) is 17.9. The predicted octanol–water partition coefficient (Wildman–Crippen LogP) is 2.63. The summed E-state index contributed by atoms with van der Waals surface area (Å²) in [5.74, 6) is 0.184. The number of carbonyl (C=O) groups excluding carboxylic acids is 1. The number of thiophene rings is 1. The molecule has 0 aromatic carbocycles. The van der Waals surface area contributed by atoms with Crippen LogP contribution in [0.3, 0.4) is 0 Å². The highest BCUT2D eigenvalue weighted by Crippen LogP contribution is 2.26. The Labute approximate surface area is 155 Å². The SMILES string of the molecule is O=C(c1cccnc1)N1CCC(CNS(=O)(=O)c2ccc(Cl)s2)CC1. The molecule has 1 fully saturated rings. The highest BCUT2D eigenvalue weighted by Gasteiger charge is 2.25. The highest BCUT2D eigenvalue weighted by atomic mass is 35.5. The molecule has 0 aliphatic carbocycles. The minimum atomic E-state index is -3.52. The van der Waals surface area contributed by atoms with Gasteiger partial charge in [-0.1, -0.05) is 11.6 Å². The topological polar surface area (TPSA) is 79.4 Å². The summed E-state index contributed by atoms with van der Waals surface area (Å²) in [4.78, 5) is 18.1. The molecule has 2 aromatic rings. The Morgan fingerprint density at radius 1 is 1.32 bits per heavy atom. The second-order valence-corrected chi connectivity index (χ2v) is 9.60. The summed E-state index contributed by atoms with van der Waals surface area (Å²) in [7, 11) is -3.52. The van der Waals surface area contributed by atoms with Crippen molar-refractivity contribution in [3.05, 3.63) is 46.6 Å². The Kier molecular flexibility index (Phi) is 5.73. The lowest BCUT2D eigenvalue weighted by atomic mass is 9.97. The van der Waals surface area contributed by atoms with Crippen molar-refractivity contribution in [1.29, 1.82) is 0 Å². The molecule has 6 nitrogen and oxygen atoms in total. The van der Waals surface area contributed by atoms with Crippen LogP contribution in [-0.2, 0) is 10.0 Å². The number of nitrogens with one attached hydrogen (secondary N) is 1. The number of likely N-dealkylation sites (tertiary alicyclic amines) is 1. The summed E-state index contributed by atoms with van der Waals surface area (Å²) in [5.41, 5.74) is 0.580. The molecule has 1 aliphatic rings. The third-order valence-corrected chi connectivity index (χ3v) is 7.33. The van der Waals surface area contributed by atoms with Gasteiger partial charge >= 0.3 is 0 Å². The van der Waals surface area contributed by atoms with Gasteiger partial charge in [0.2, 0.25) is 10.0 Å². The predicted molar refractivity (Wildman–Crippen MR) is 97.4 cm³/mol. The van der Waals surface area contributed by atoms with Crippen molar-refractivity contribution < 1.29 is 13.2 Å². The normalized spacial score (nSPS) is 16.1. The number of rotatable bonds is 5. The van der Waals surface area contributed by atoms with Gasteiger partial charge in [0.1, 0.15) is 4.21 Å². The maximum absolute atomic E-state index is 12.4. The van der Waals surface area contributed by atoms with Gasteiger partial charge in [-0.3, -0.25) is 9.78 Å². The second-order valence-electron chi connectivity index (χ2n) is 5.89. The Balaban J connectivity index is 1.50. The maximum Gasteiger partial charge on any atom is 0.255 e. The van der Waals surface area contributed by atoms with Crippen LogP contribution in [0.5, 0.6) is 0 Å². The smallest absolute Gasteiger partial charge is 0.255 e. The fraction of sp³-hybridized carbons (Fsp3) is 0.375. The van der Waals surface area contributed by atoms with Crippen molar-refractivity contribution in [2.24, 2.45) is 5.92 Å². The number of piperidine rings is 1. The molecule has 3 rings (SSSR count). The molecule has 1 N–H and O–H groups in total. The molecule has 0 spiro atoms. The van der Waals surface area contributed by atoms with Gasteiger partial charge < -0.3 is 4.90 Å². The maximum atomic E-state index is 12.4. The number of hydrogen-bond donors (Lipinski definition) is 1. The fourth-order valence-electron chi connectivity index (χ4n) is 2.75. The Bertz CT molecular complexity index is 831. The van der Waals surface area contributed by atoms with Crippen molar-refractivity contribution in [1.82, 2.24) is 14.6 Å². The first-order valence-corrected chi connectivity index (χ1v) is 10.6. The van der Waals surface area contributed by atoms with E-state index >= 15 is 0 Å². The van der Waals surface area contributed by atoms with Crippen LogP contribution in [0.25, 0.3) is 0 Å². The number of sulfonamides is 1. The molecule has 9 heteroatoms. The molecule has 0 saturated carbocycles.